The number of hydrogen-bond donors (Lipinski definition) is 2. The maximum Gasteiger partial charge on any atom is 0.411 e. The van der Waals surface area contributed by atoms with Crippen molar-refractivity contribution < 1.29 is 14.6 Å². The lowest BCUT2D eigenvalue weighted by atomic mass is 10.1. The number of ether oxygens (including phenoxy) is 1. The van der Waals surface area contributed by atoms with Crippen molar-refractivity contribution in [1.82, 2.24) is 0 Å². The monoisotopic (exact) mass is 305 g/mol. The molecule has 0 saturated carbocycles. The number of hydrogen-bond acceptors (Lipinski definition) is 3. The summed E-state index contributed by atoms with van der Waals surface area (Å²) in [4.78, 5) is 11.9. The first-order valence-corrected chi connectivity index (χ1v) is 6.86. The molecule has 0 aliphatic carbocycles. The van der Waals surface area contributed by atoms with Gasteiger partial charge in [-0.15, -0.1) is 0 Å². The van der Waals surface area contributed by atoms with Gasteiger partial charge in [-0.2, -0.15) is 0 Å². The lowest BCUT2D eigenvalue weighted by molar-refractivity contribution is 0.155. The lowest BCUT2D eigenvalue weighted by Gasteiger charge is -2.14. The van der Waals surface area contributed by atoms with E-state index >= 15 is 0 Å². The van der Waals surface area contributed by atoms with Crippen molar-refractivity contribution in [1.29, 1.82) is 0 Å². The van der Waals surface area contributed by atoms with Crippen LogP contribution < -0.4 is 5.32 Å². The van der Waals surface area contributed by atoms with E-state index in [4.69, 9.17) is 16.3 Å². The van der Waals surface area contributed by atoms with Gasteiger partial charge in [0.05, 0.1) is 12.3 Å². The summed E-state index contributed by atoms with van der Waals surface area (Å²) in [5.41, 5.74) is 2.68. The highest BCUT2D eigenvalue weighted by atomic mass is 35.5. The zero-order valence-electron chi connectivity index (χ0n) is 11.6. The van der Waals surface area contributed by atoms with Gasteiger partial charge in [-0.1, -0.05) is 48.0 Å². The van der Waals surface area contributed by atoms with Gasteiger partial charge in [-0.25, -0.2) is 4.79 Å². The molecule has 0 spiro atoms. The predicted octanol–water partition coefficient (Wildman–Crippen LogP) is 3.89. The van der Waals surface area contributed by atoms with Gasteiger partial charge in [0, 0.05) is 10.6 Å². The molecule has 0 unspecified atom stereocenters. The molecule has 5 heteroatoms. The van der Waals surface area contributed by atoms with Gasteiger partial charge in [0.25, 0.3) is 0 Å². The molecule has 0 saturated heterocycles. The van der Waals surface area contributed by atoms with E-state index in [1.54, 1.807) is 12.1 Å². The van der Waals surface area contributed by atoms with Crippen LogP contribution in [0.1, 0.15) is 16.7 Å². The average Bonchev–Trinajstić information content (AvgIpc) is 2.50. The van der Waals surface area contributed by atoms with Gasteiger partial charge < -0.3 is 9.84 Å². The molecule has 0 heterocycles. The largest absolute Gasteiger partial charge is 0.444 e. The fraction of sp³-hybridized carbons (Fsp3) is 0.188. The molecule has 0 aromatic heterocycles. The molecule has 4 nitrogen and oxygen atoms in total. The first-order chi connectivity index (χ1) is 10.1. The third-order valence-corrected chi connectivity index (χ3v) is 3.42. The number of aliphatic hydroxyl groups is 1. The van der Waals surface area contributed by atoms with Gasteiger partial charge >= 0.3 is 6.09 Å². The number of anilines is 1. The molecule has 110 valence electrons. The Morgan fingerprint density at radius 2 is 1.95 bits per heavy atom. The Labute approximate surface area is 128 Å². The van der Waals surface area contributed by atoms with Gasteiger partial charge in [0.1, 0.15) is 6.61 Å². The Bertz CT molecular complexity index is 629. The molecular formula is C16H16ClNO3. The van der Waals surface area contributed by atoms with Crippen molar-refractivity contribution >= 4 is 23.4 Å². The predicted molar refractivity (Wildman–Crippen MR) is 82.4 cm³/mol. The van der Waals surface area contributed by atoms with E-state index in [9.17, 15) is 9.90 Å². The number of aliphatic hydroxyl groups excluding tert-OH is 1. The van der Waals surface area contributed by atoms with Crippen LogP contribution in [0, 0.1) is 6.92 Å². The first-order valence-electron chi connectivity index (χ1n) is 6.48. The second kappa shape index (κ2) is 7.11. The molecule has 1 amide bonds. The van der Waals surface area contributed by atoms with Gasteiger partial charge in [-0.05, 0) is 24.1 Å². The standard InChI is InChI=1S/C16H16ClNO3/c1-11-7-8-14(17)13(9-19)15(11)18-16(20)21-10-12-5-3-2-4-6-12/h2-8,19H,9-10H2,1H3,(H,18,20). The average molecular weight is 306 g/mol. The number of nitrogens with one attached hydrogen (secondary N) is 1. The number of amides is 1. The van der Waals surface area contributed by atoms with Crippen LogP contribution in [0.2, 0.25) is 5.02 Å². The van der Waals surface area contributed by atoms with E-state index in [0.717, 1.165) is 11.1 Å². The van der Waals surface area contributed by atoms with Crippen LogP contribution in [0.3, 0.4) is 0 Å². The molecule has 2 aromatic carbocycles. The van der Waals surface area contributed by atoms with Crippen LogP contribution in [-0.4, -0.2) is 11.2 Å². The van der Waals surface area contributed by atoms with Gasteiger partial charge in [-0.3, -0.25) is 5.32 Å². The third kappa shape index (κ3) is 3.97. The molecule has 0 bridgehead atoms. The number of benzene rings is 2. The Morgan fingerprint density at radius 1 is 1.24 bits per heavy atom. The normalized spacial score (nSPS) is 10.2. The highest BCUT2D eigenvalue weighted by molar-refractivity contribution is 6.31. The Kier molecular flexibility index (Phi) is 5.20. The van der Waals surface area contributed by atoms with Crippen LogP contribution in [0.4, 0.5) is 10.5 Å². The van der Waals surface area contributed by atoms with Crippen LogP contribution in [0.5, 0.6) is 0 Å². The zero-order valence-corrected chi connectivity index (χ0v) is 12.4. The highest BCUT2D eigenvalue weighted by Gasteiger charge is 2.13. The van der Waals surface area contributed by atoms with Crippen LogP contribution in [0.25, 0.3) is 0 Å². The second-order valence-corrected chi connectivity index (χ2v) is 4.97. The summed E-state index contributed by atoms with van der Waals surface area (Å²) in [6.07, 6.45) is -0.584. The van der Waals surface area contributed by atoms with E-state index in [-0.39, 0.29) is 13.2 Å². The molecule has 21 heavy (non-hydrogen) atoms. The maximum absolute atomic E-state index is 11.9. The molecule has 0 aliphatic heterocycles. The molecular weight excluding hydrogens is 290 g/mol. The van der Waals surface area contributed by atoms with Gasteiger partial charge in [0.15, 0.2) is 0 Å². The smallest absolute Gasteiger partial charge is 0.411 e. The van der Waals surface area contributed by atoms with Gasteiger partial charge in [0.2, 0.25) is 0 Å². The fourth-order valence-electron chi connectivity index (χ4n) is 1.93. The third-order valence-electron chi connectivity index (χ3n) is 3.06. The zero-order chi connectivity index (χ0) is 15.2. The molecule has 0 aliphatic rings. The van der Waals surface area contributed by atoms with E-state index in [1.807, 2.05) is 37.3 Å². The second-order valence-electron chi connectivity index (χ2n) is 4.56. The van der Waals surface area contributed by atoms with Crippen molar-refractivity contribution in [2.45, 2.75) is 20.1 Å². The van der Waals surface area contributed by atoms with Crippen molar-refractivity contribution in [2.24, 2.45) is 0 Å². The number of halogens is 1. The number of rotatable bonds is 4. The molecule has 0 atom stereocenters. The minimum atomic E-state index is -0.584. The summed E-state index contributed by atoms with van der Waals surface area (Å²) in [5.74, 6) is 0. The number of carbonyl (C=O) groups is 1. The molecule has 2 N–H and O–H groups in total. The summed E-state index contributed by atoms with van der Waals surface area (Å²) < 4.78 is 5.15. The van der Waals surface area contributed by atoms with Crippen molar-refractivity contribution in [3.05, 3.63) is 64.2 Å². The maximum atomic E-state index is 11.9. The van der Waals surface area contributed by atoms with Crippen molar-refractivity contribution in [2.75, 3.05) is 5.32 Å². The lowest BCUT2D eigenvalue weighted by Crippen LogP contribution is -2.16. The summed E-state index contributed by atoms with van der Waals surface area (Å²) in [6.45, 7) is 1.75. The number of carbonyl (C=O) groups excluding carboxylic acids is 1. The molecule has 2 aromatic rings. The van der Waals surface area contributed by atoms with E-state index in [1.165, 1.54) is 0 Å². The highest BCUT2D eigenvalue weighted by Crippen LogP contribution is 2.28. The topological polar surface area (TPSA) is 58.6 Å². The van der Waals surface area contributed by atoms with E-state index in [0.29, 0.717) is 16.3 Å². The summed E-state index contributed by atoms with van der Waals surface area (Å²) in [7, 11) is 0. The quantitative estimate of drug-likeness (QED) is 0.901. The minimum Gasteiger partial charge on any atom is -0.444 e. The minimum absolute atomic E-state index is 0.181. The summed E-state index contributed by atoms with van der Waals surface area (Å²) in [5, 5.41) is 12.4. The Hall–Kier alpha value is -2.04. The SMILES string of the molecule is Cc1ccc(Cl)c(CO)c1NC(=O)OCc1ccccc1. The first kappa shape index (κ1) is 15.4. The van der Waals surface area contributed by atoms with Crippen molar-refractivity contribution in [3.8, 4) is 0 Å². The molecule has 0 fully saturated rings. The fourth-order valence-corrected chi connectivity index (χ4v) is 2.15. The number of aryl methyl sites for hydroxylation is 1. The summed E-state index contributed by atoms with van der Waals surface area (Å²) in [6, 6.07) is 12.8. The Morgan fingerprint density at radius 3 is 2.62 bits per heavy atom. The van der Waals surface area contributed by atoms with E-state index in [2.05, 4.69) is 5.32 Å². The Balaban J connectivity index is 2.05. The van der Waals surface area contributed by atoms with Crippen LogP contribution >= 0.6 is 11.6 Å². The molecule has 0 radical (unpaired) electrons. The van der Waals surface area contributed by atoms with E-state index < -0.39 is 6.09 Å². The van der Waals surface area contributed by atoms with Crippen LogP contribution in [0.15, 0.2) is 42.5 Å². The van der Waals surface area contributed by atoms with Crippen molar-refractivity contribution in [3.63, 3.8) is 0 Å². The summed E-state index contributed by atoms with van der Waals surface area (Å²) >= 11 is 6.01. The van der Waals surface area contributed by atoms with Crippen LogP contribution in [-0.2, 0) is 18.0 Å². The molecule has 2 rings (SSSR count).